The molecule has 1 aromatic heterocycles. The van der Waals surface area contributed by atoms with Crippen molar-refractivity contribution < 1.29 is 9.90 Å². The molecule has 6 heteroatoms. The van der Waals surface area contributed by atoms with E-state index in [1.165, 1.54) is 10.8 Å². The van der Waals surface area contributed by atoms with Crippen LogP contribution < -0.4 is 5.32 Å². The van der Waals surface area contributed by atoms with Crippen LogP contribution in [0.4, 0.5) is 5.69 Å². The molecule has 0 atom stereocenters. The lowest BCUT2D eigenvalue weighted by Crippen LogP contribution is -2.18. The summed E-state index contributed by atoms with van der Waals surface area (Å²) in [7, 11) is 0. The molecule has 0 aliphatic heterocycles. The average molecular weight is 266 g/mol. The van der Waals surface area contributed by atoms with Crippen molar-refractivity contribution >= 4 is 23.2 Å². The standard InChI is InChI=1S/C12H12ClN3O2/c1-8-2-3-9(10(17)6-8)15-11(18)7-16-5-4-14-12(16)13/h2-6,17H,7H2,1H3,(H,15,18). The van der Waals surface area contributed by atoms with Gasteiger partial charge in [0.25, 0.3) is 0 Å². The number of aryl methyl sites for hydroxylation is 1. The molecule has 1 heterocycles. The number of carbonyl (C=O) groups is 1. The summed E-state index contributed by atoms with van der Waals surface area (Å²) < 4.78 is 1.50. The van der Waals surface area contributed by atoms with Gasteiger partial charge in [0.15, 0.2) is 0 Å². The van der Waals surface area contributed by atoms with E-state index < -0.39 is 0 Å². The van der Waals surface area contributed by atoms with Gasteiger partial charge in [-0.05, 0) is 36.2 Å². The molecule has 18 heavy (non-hydrogen) atoms. The Balaban J connectivity index is 2.05. The Morgan fingerprint density at radius 3 is 2.94 bits per heavy atom. The lowest BCUT2D eigenvalue weighted by molar-refractivity contribution is -0.116. The smallest absolute Gasteiger partial charge is 0.244 e. The third-order valence-corrected chi connectivity index (χ3v) is 2.72. The predicted octanol–water partition coefficient (Wildman–Crippen LogP) is 2.19. The van der Waals surface area contributed by atoms with Gasteiger partial charge >= 0.3 is 0 Å². The fraction of sp³-hybridized carbons (Fsp3) is 0.167. The van der Waals surface area contributed by atoms with E-state index in [9.17, 15) is 9.90 Å². The molecular formula is C12H12ClN3O2. The number of carbonyl (C=O) groups excluding carboxylic acids is 1. The molecule has 1 aromatic carbocycles. The molecular weight excluding hydrogens is 254 g/mol. The highest BCUT2D eigenvalue weighted by Crippen LogP contribution is 2.23. The molecule has 0 fully saturated rings. The van der Waals surface area contributed by atoms with Crippen LogP contribution >= 0.6 is 11.6 Å². The Bertz CT molecular complexity index is 580. The molecule has 0 spiro atoms. The van der Waals surface area contributed by atoms with Crippen LogP contribution in [0.25, 0.3) is 0 Å². The minimum atomic E-state index is -0.283. The quantitative estimate of drug-likeness (QED) is 0.836. The summed E-state index contributed by atoms with van der Waals surface area (Å²) in [6.45, 7) is 1.91. The molecule has 0 aliphatic carbocycles. The van der Waals surface area contributed by atoms with Crippen molar-refractivity contribution in [3.63, 3.8) is 0 Å². The number of hydrogen-bond donors (Lipinski definition) is 2. The van der Waals surface area contributed by atoms with Crippen molar-refractivity contribution in [2.24, 2.45) is 0 Å². The number of aromatic nitrogens is 2. The van der Waals surface area contributed by atoms with Crippen molar-refractivity contribution in [2.75, 3.05) is 5.32 Å². The number of amides is 1. The molecule has 0 saturated carbocycles. The van der Waals surface area contributed by atoms with E-state index in [4.69, 9.17) is 11.6 Å². The monoisotopic (exact) mass is 265 g/mol. The third-order valence-electron chi connectivity index (χ3n) is 2.41. The molecule has 0 radical (unpaired) electrons. The second kappa shape index (κ2) is 5.10. The molecule has 2 aromatic rings. The molecule has 0 bridgehead atoms. The van der Waals surface area contributed by atoms with E-state index in [0.29, 0.717) is 5.69 Å². The Morgan fingerprint density at radius 1 is 1.56 bits per heavy atom. The van der Waals surface area contributed by atoms with Gasteiger partial charge < -0.3 is 15.0 Å². The number of anilines is 1. The normalized spacial score (nSPS) is 10.3. The summed E-state index contributed by atoms with van der Waals surface area (Å²) in [6, 6.07) is 5.04. The van der Waals surface area contributed by atoms with Crippen LogP contribution in [0.5, 0.6) is 5.75 Å². The zero-order chi connectivity index (χ0) is 13.1. The topological polar surface area (TPSA) is 67.2 Å². The van der Waals surface area contributed by atoms with Crippen LogP contribution in [0.1, 0.15) is 5.56 Å². The second-order valence-electron chi connectivity index (χ2n) is 3.89. The van der Waals surface area contributed by atoms with Gasteiger partial charge in [0, 0.05) is 12.4 Å². The third kappa shape index (κ3) is 2.81. The van der Waals surface area contributed by atoms with Crippen molar-refractivity contribution in [1.29, 1.82) is 0 Å². The molecule has 2 rings (SSSR count). The SMILES string of the molecule is Cc1ccc(NC(=O)Cn2ccnc2Cl)c(O)c1. The lowest BCUT2D eigenvalue weighted by Gasteiger charge is -2.08. The minimum absolute atomic E-state index is 0.0417. The van der Waals surface area contributed by atoms with Crippen LogP contribution in [-0.2, 0) is 11.3 Å². The van der Waals surface area contributed by atoms with E-state index >= 15 is 0 Å². The number of rotatable bonds is 3. The summed E-state index contributed by atoms with van der Waals surface area (Å²) in [5, 5.41) is 12.5. The van der Waals surface area contributed by atoms with Gasteiger partial charge in [0.05, 0.1) is 5.69 Å². The molecule has 5 nitrogen and oxygen atoms in total. The van der Waals surface area contributed by atoms with Crippen LogP contribution in [-0.4, -0.2) is 20.6 Å². The molecule has 0 unspecified atom stereocenters. The van der Waals surface area contributed by atoms with E-state index in [1.54, 1.807) is 24.4 Å². The summed E-state index contributed by atoms with van der Waals surface area (Å²) in [5.74, 6) is -0.242. The van der Waals surface area contributed by atoms with Gasteiger partial charge in [0.1, 0.15) is 12.3 Å². The highest BCUT2D eigenvalue weighted by Gasteiger charge is 2.08. The van der Waals surface area contributed by atoms with Crippen LogP contribution in [0.3, 0.4) is 0 Å². The van der Waals surface area contributed by atoms with Crippen LogP contribution in [0.15, 0.2) is 30.6 Å². The first kappa shape index (κ1) is 12.4. The fourth-order valence-electron chi connectivity index (χ4n) is 1.52. The Morgan fingerprint density at radius 2 is 2.33 bits per heavy atom. The summed E-state index contributed by atoms with van der Waals surface area (Å²) in [6.07, 6.45) is 3.12. The van der Waals surface area contributed by atoms with E-state index in [-0.39, 0.29) is 23.5 Å². The first-order valence-corrected chi connectivity index (χ1v) is 5.70. The number of phenolic OH excluding ortho intramolecular Hbond substituents is 1. The number of aromatic hydroxyl groups is 1. The number of benzene rings is 1. The van der Waals surface area contributed by atoms with Crippen molar-refractivity contribution in [3.8, 4) is 5.75 Å². The van der Waals surface area contributed by atoms with Gasteiger partial charge in [-0.1, -0.05) is 6.07 Å². The van der Waals surface area contributed by atoms with Crippen molar-refractivity contribution in [1.82, 2.24) is 9.55 Å². The maximum absolute atomic E-state index is 11.7. The minimum Gasteiger partial charge on any atom is -0.506 e. The van der Waals surface area contributed by atoms with Gasteiger partial charge in [-0.2, -0.15) is 0 Å². The number of hydrogen-bond acceptors (Lipinski definition) is 3. The van der Waals surface area contributed by atoms with Gasteiger partial charge in [0.2, 0.25) is 11.2 Å². The van der Waals surface area contributed by atoms with E-state index in [2.05, 4.69) is 10.3 Å². The van der Waals surface area contributed by atoms with Crippen LogP contribution in [0, 0.1) is 6.92 Å². The highest BCUT2D eigenvalue weighted by molar-refractivity contribution is 6.28. The number of imidazole rings is 1. The largest absolute Gasteiger partial charge is 0.506 e. The van der Waals surface area contributed by atoms with Gasteiger partial charge in [-0.25, -0.2) is 4.98 Å². The van der Waals surface area contributed by atoms with E-state index in [1.807, 2.05) is 6.92 Å². The van der Waals surface area contributed by atoms with Crippen molar-refractivity contribution in [2.45, 2.75) is 13.5 Å². The molecule has 2 N–H and O–H groups in total. The Labute approximate surface area is 109 Å². The van der Waals surface area contributed by atoms with Crippen molar-refractivity contribution in [3.05, 3.63) is 41.4 Å². The maximum Gasteiger partial charge on any atom is 0.244 e. The molecule has 1 amide bonds. The zero-order valence-electron chi connectivity index (χ0n) is 9.72. The number of nitrogens with one attached hydrogen (secondary N) is 1. The number of nitrogens with zero attached hydrogens (tertiary/aromatic N) is 2. The lowest BCUT2D eigenvalue weighted by atomic mass is 10.2. The van der Waals surface area contributed by atoms with E-state index in [0.717, 1.165) is 5.56 Å². The zero-order valence-corrected chi connectivity index (χ0v) is 10.5. The number of halogens is 1. The van der Waals surface area contributed by atoms with Gasteiger partial charge in [-0.15, -0.1) is 0 Å². The maximum atomic E-state index is 11.7. The first-order valence-electron chi connectivity index (χ1n) is 5.32. The summed E-state index contributed by atoms with van der Waals surface area (Å²) in [5.41, 5.74) is 1.30. The van der Waals surface area contributed by atoms with Crippen LogP contribution in [0.2, 0.25) is 5.28 Å². The highest BCUT2D eigenvalue weighted by atomic mass is 35.5. The number of phenols is 1. The fourth-order valence-corrected chi connectivity index (χ4v) is 1.69. The molecule has 94 valence electrons. The first-order chi connectivity index (χ1) is 8.56. The summed E-state index contributed by atoms with van der Waals surface area (Å²) in [4.78, 5) is 15.5. The average Bonchev–Trinajstić information content (AvgIpc) is 2.69. The van der Waals surface area contributed by atoms with Gasteiger partial charge in [-0.3, -0.25) is 4.79 Å². The Hall–Kier alpha value is -2.01. The second-order valence-corrected chi connectivity index (χ2v) is 4.23. The predicted molar refractivity (Wildman–Crippen MR) is 68.7 cm³/mol. The molecule has 0 aliphatic rings. The molecule has 0 saturated heterocycles. The Kier molecular flexibility index (Phi) is 3.53. The summed E-state index contributed by atoms with van der Waals surface area (Å²) >= 11 is 5.76.